The monoisotopic (exact) mass is 433 g/mol. The summed E-state index contributed by atoms with van der Waals surface area (Å²) < 4.78 is 1.61. The van der Waals surface area contributed by atoms with Crippen molar-refractivity contribution in [2.45, 2.75) is 13.0 Å². The highest BCUT2D eigenvalue weighted by Crippen LogP contribution is 2.28. The number of nitrogens with zero attached hydrogens (tertiary/aromatic N) is 7. The number of amides is 4. The van der Waals surface area contributed by atoms with Gasteiger partial charge in [0.1, 0.15) is 19.1 Å². The van der Waals surface area contributed by atoms with Crippen molar-refractivity contribution in [3.63, 3.8) is 0 Å². The molecule has 32 heavy (non-hydrogen) atoms. The summed E-state index contributed by atoms with van der Waals surface area (Å²) in [6.07, 6.45) is 0. The smallest absolute Gasteiger partial charge is 0.327 e. The second kappa shape index (κ2) is 8.58. The summed E-state index contributed by atoms with van der Waals surface area (Å²) in [5.41, 5.74) is 2.56. The highest BCUT2D eigenvalue weighted by molar-refractivity contribution is 6.04. The number of hydrogen-bond donors (Lipinski definition) is 0. The summed E-state index contributed by atoms with van der Waals surface area (Å²) in [6, 6.07) is 15.9. The molecule has 4 rings (SSSR count). The van der Waals surface area contributed by atoms with Gasteiger partial charge in [-0.15, -0.1) is 5.10 Å². The average Bonchev–Trinajstić information content (AvgIpc) is 3.35. The Hall–Kier alpha value is -4.08. The Morgan fingerprint density at radius 3 is 2.44 bits per heavy atom. The van der Waals surface area contributed by atoms with Crippen LogP contribution < -0.4 is 0 Å². The largest absolute Gasteiger partial charge is 0.330 e. The summed E-state index contributed by atoms with van der Waals surface area (Å²) in [5.74, 6) is -0.368. The molecule has 1 aliphatic rings. The molecule has 2 heterocycles. The molecule has 1 fully saturated rings. The molecule has 0 bridgehead atoms. The first-order valence-corrected chi connectivity index (χ1v) is 10.1. The molecule has 10 heteroatoms. The van der Waals surface area contributed by atoms with Crippen LogP contribution in [0.15, 0.2) is 54.6 Å². The van der Waals surface area contributed by atoms with Gasteiger partial charge in [-0.25, -0.2) is 4.79 Å². The lowest BCUT2D eigenvalue weighted by Gasteiger charge is -2.29. The zero-order valence-electron chi connectivity index (χ0n) is 18.0. The van der Waals surface area contributed by atoms with Crippen LogP contribution in [0.2, 0.25) is 0 Å². The van der Waals surface area contributed by atoms with E-state index in [1.165, 1.54) is 16.8 Å². The van der Waals surface area contributed by atoms with Gasteiger partial charge in [-0.1, -0.05) is 48.5 Å². The van der Waals surface area contributed by atoms with Crippen LogP contribution in [0.25, 0.3) is 5.69 Å². The van der Waals surface area contributed by atoms with Crippen molar-refractivity contribution >= 4 is 17.8 Å². The molecule has 164 valence electrons. The van der Waals surface area contributed by atoms with Gasteiger partial charge in [0.25, 0.3) is 5.91 Å². The minimum Gasteiger partial charge on any atom is -0.330 e. The molecular formula is C22H23N7O3. The molecule has 1 atom stereocenters. The van der Waals surface area contributed by atoms with Gasteiger partial charge in [-0.05, 0) is 34.5 Å². The highest BCUT2D eigenvalue weighted by atomic mass is 16.2. The number of carbonyl (C=O) groups is 3. The number of likely N-dealkylation sites (N-methyl/N-ethyl adjacent to an activating group) is 2. The van der Waals surface area contributed by atoms with Crippen molar-refractivity contribution in [2.24, 2.45) is 0 Å². The predicted molar refractivity (Wildman–Crippen MR) is 115 cm³/mol. The maximum atomic E-state index is 13.2. The Kier molecular flexibility index (Phi) is 5.67. The van der Waals surface area contributed by atoms with Gasteiger partial charge >= 0.3 is 6.03 Å². The molecule has 1 aromatic heterocycles. The van der Waals surface area contributed by atoms with Crippen molar-refractivity contribution in [1.29, 1.82) is 0 Å². The SMILES string of the molecule is Cc1ccccc1-n1nnnc1C(c1ccccc1)N(C)C(=O)CN1C(=O)CN(C)C1=O. The lowest BCUT2D eigenvalue weighted by Crippen LogP contribution is -2.43. The Bertz CT molecular complexity index is 1160. The fraction of sp³-hybridized carbons (Fsp3) is 0.273. The average molecular weight is 433 g/mol. The number of aryl methyl sites for hydroxylation is 1. The minimum absolute atomic E-state index is 0.0382. The number of tetrazole rings is 1. The second-order valence-corrected chi connectivity index (χ2v) is 7.67. The molecule has 0 saturated carbocycles. The van der Waals surface area contributed by atoms with Gasteiger partial charge < -0.3 is 9.80 Å². The molecule has 1 aliphatic heterocycles. The molecule has 0 aliphatic carbocycles. The Morgan fingerprint density at radius 1 is 1.09 bits per heavy atom. The number of urea groups is 1. The molecule has 0 N–H and O–H groups in total. The molecule has 4 amide bonds. The summed E-state index contributed by atoms with van der Waals surface area (Å²) in [5, 5.41) is 12.3. The van der Waals surface area contributed by atoms with Crippen LogP contribution in [0.4, 0.5) is 4.79 Å². The van der Waals surface area contributed by atoms with Crippen LogP contribution in [0.1, 0.15) is 23.0 Å². The van der Waals surface area contributed by atoms with E-state index in [4.69, 9.17) is 0 Å². The summed E-state index contributed by atoms with van der Waals surface area (Å²) in [7, 11) is 3.14. The first-order valence-electron chi connectivity index (χ1n) is 10.1. The summed E-state index contributed by atoms with van der Waals surface area (Å²) in [6.45, 7) is 1.56. The van der Waals surface area contributed by atoms with E-state index in [2.05, 4.69) is 15.5 Å². The standard InChI is InChI=1S/C22H23N7O3/c1-15-9-7-8-12-17(15)29-21(23-24-25-29)20(16-10-5-4-6-11-16)27(3)18(30)14-28-19(31)13-26(2)22(28)32/h4-12,20H,13-14H2,1-3H3. The first kappa shape index (κ1) is 21.2. The lowest BCUT2D eigenvalue weighted by atomic mass is 10.0. The molecule has 2 aromatic carbocycles. The van der Waals surface area contributed by atoms with E-state index in [0.29, 0.717) is 5.82 Å². The normalized spacial score (nSPS) is 14.7. The van der Waals surface area contributed by atoms with Gasteiger partial charge in [0.05, 0.1) is 5.69 Å². The van der Waals surface area contributed by atoms with Crippen LogP contribution in [0.5, 0.6) is 0 Å². The number of carbonyl (C=O) groups excluding carboxylic acids is 3. The van der Waals surface area contributed by atoms with Crippen LogP contribution in [-0.4, -0.2) is 79.9 Å². The van der Waals surface area contributed by atoms with Crippen molar-refractivity contribution in [3.05, 3.63) is 71.5 Å². The zero-order valence-corrected chi connectivity index (χ0v) is 18.0. The second-order valence-electron chi connectivity index (χ2n) is 7.67. The van der Waals surface area contributed by atoms with E-state index in [1.54, 1.807) is 11.7 Å². The Balaban J connectivity index is 1.71. The molecule has 1 unspecified atom stereocenters. The van der Waals surface area contributed by atoms with E-state index in [9.17, 15) is 14.4 Å². The first-order chi connectivity index (χ1) is 15.4. The lowest BCUT2D eigenvalue weighted by molar-refractivity contribution is -0.136. The van der Waals surface area contributed by atoms with Gasteiger partial charge in [0.15, 0.2) is 5.82 Å². The van der Waals surface area contributed by atoms with E-state index in [1.807, 2.05) is 61.5 Å². The van der Waals surface area contributed by atoms with Crippen LogP contribution in [0, 0.1) is 6.92 Å². The molecule has 3 aromatic rings. The Labute approximate surface area is 185 Å². The minimum atomic E-state index is -0.635. The quantitative estimate of drug-likeness (QED) is 0.545. The summed E-state index contributed by atoms with van der Waals surface area (Å²) in [4.78, 5) is 41.3. The molecular weight excluding hydrogens is 410 g/mol. The van der Waals surface area contributed by atoms with E-state index in [-0.39, 0.29) is 13.1 Å². The fourth-order valence-electron chi connectivity index (χ4n) is 3.73. The third-order valence-electron chi connectivity index (χ3n) is 5.50. The number of rotatable bonds is 6. The van der Waals surface area contributed by atoms with E-state index >= 15 is 0 Å². The number of hydrogen-bond acceptors (Lipinski definition) is 6. The van der Waals surface area contributed by atoms with Crippen LogP contribution in [-0.2, 0) is 9.59 Å². The van der Waals surface area contributed by atoms with Gasteiger partial charge in [-0.2, -0.15) is 4.68 Å². The topological polar surface area (TPSA) is 105 Å². The van der Waals surface area contributed by atoms with E-state index in [0.717, 1.165) is 21.7 Å². The van der Waals surface area contributed by atoms with Crippen molar-refractivity contribution in [1.82, 2.24) is 34.9 Å². The molecule has 0 radical (unpaired) electrons. The number of para-hydroxylation sites is 1. The fourth-order valence-corrected chi connectivity index (χ4v) is 3.73. The maximum Gasteiger partial charge on any atom is 0.327 e. The maximum absolute atomic E-state index is 13.2. The molecule has 10 nitrogen and oxygen atoms in total. The third-order valence-corrected chi connectivity index (χ3v) is 5.50. The van der Waals surface area contributed by atoms with Crippen molar-refractivity contribution in [3.8, 4) is 5.69 Å². The molecule has 0 spiro atoms. The van der Waals surface area contributed by atoms with Gasteiger partial charge in [-0.3, -0.25) is 14.5 Å². The van der Waals surface area contributed by atoms with Crippen molar-refractivity contribution < 1.29 is 14.4 Å². The van der Waals surface area contributed by atoms with Crippen molar-refractivity contribution in [2.75, 3.05) is 27.2 Å². The molecule has 1 saturated heterocycles. The number of aromatic nitrogens is 4. The van der Waals surface area contributed by atoms with Crippen LogP contribution >= 0.6 is 0 Å². The highest BCUT2D eigenvalue weighted by Gasteiger charge is 2.37. The predicted octanol–water partition coefficient (Wildman–Crippen LogP) is 1.41. The van der Waals surface area contributed by atoms with Gasteiger partial charge in [0, 0.05) is 14.1 Å². The zero-order chi connectivity index (χ0) is 22.8. The van der Waals surface area contributed by atoms with Gasteiger partial charge in [0.2, 0.25) is 5.91 Å². The summed E-state index contributed by atoms with van der Waals surface area (Å²) >= 11 is 0. The van der Waals surface area contributed by atoms with E-state index < -0.39 is 23.9 Å². The van der Waals surface area contributed by atoms with Crippen LogP contribution in [0.3, 0.4) is 0 Å². The number of imide groups is 1. The number of benzene rings is 2. The third kappa shape index (κ3) is 3.82. The Morgan fingerprint density at radius 2 is 1.78 bits per heavy atom.